The fourth-order valence-electron chi connectivity index (χ4n) is 3.74. The van der Waals surface area contributed by atoms with E-state index in [9.17, 15) is 13.6 Å². The van der Waals surface area contributed by atoms with E-state index in [-0.39, 0.29) is 11.8 Å². The second-order valence-electron chi connectivity index (χ2n) is 4.52. The van der Waals surface area contributed by atoms with Crippen molar-refractivity contribution in [1.29, 1.82) is 0 Å². The van der Waals surface area contributed by atoms with Crippen molar-refractivity contribution in [2.45, 2.75) is 25.2 Å². The van der Waals surface area contributed by atoms with Crippen molar-refractivity contribution in [3.63, 3.8) is 0 Å². The molecule has 2 nitrogen and oxygen atoms in total. The van der Waals surface area contributed by atoms with Crippen LogP contribution in [0.1, 0.15) is 19.3 Å². The smallest absolute Gasteiger partial charge is 0.316 e. The van der Waals surface area contributed by atoms with Gasteiger partial charge >= 0.3 is 5.97 Å². The average molecular weight is 188 g/mol. The molecule has 0 radical (unpaired) electrons. The van der Waals surface area contributed by atoms with E-state index in [4.69, 9.17) is 5.11 Å². The van der Waals surface area contributed by atoms with Gasteiger partial charge in [-0.1, -0.05) is 0 Å². The van der Waals surface area contributed by atoms with Gasteiger partial charge in [-0.2, -0.15) is 0 Å². The summed E-state index contributed by atoms with van der Waals surface area (Å²) in [6.07, 6.45) is 1.64. The number of rotatable bonds is 1. The molecule has 4 unspecified atom stereocenters. The highest BCUT2D eigenvalue weighted by Crippen LogP contribution is 2.81. The monoisotopic (exact) mass is 188 g/mol. The average Bonchev–Trinajstić information content (AvgIpc) is 2.66. The van der Waals surface area contributed by atoms with Gasteiger partial charge in [-0.3, -0.25) is 4.79 Å². The molecule has 13 heavy (non-hydrogen) atoms. The van der Waals surface area contributed by atoms with Gasteiger partial charge in [0.15, 0.2) is 0 Å². The first kappa shape index (κ1) is 7.71. The molecule has 0 spiro atoms. The quantitative estimate of drug-likeness (QED) is 0.680. The largest absolute Gasteiger partial charge is 0.481 e. The fourth-order valence-corrected chi connectivity index (χ4v) is 3.74. The molecule has 0 heterocycles. The number of carboxylic acid groups (broad SMARTS) is 1. The lowest BCUT2D eigenvalue weighted by atomic mass is 9.78. The molecule has 1 N–H and O–H groups in total. The van der Waals surface area contributed by atoms with E-state index in [1.165, 1.54) is 0 Å². The van der Waals surface area contributed by atoms with Crippen molar-refractivity contribution in [1.82, 2.24) is 0 Å². The van der Waals surface area contributed by atoms with Crippen LogP contribution in [0.5, 0.6) is 0 Å². The van der Waals surface area contributed by atoms with Crippen LogP contribution in [-0.4, -0.2) is 17.0 Å². The lowest BCUT2D eigenvalue weighted by molar-refractivity contribution is -0.174. The van der Waals surface area contributed by atoms with Gasteiger partial charge < -0.3 is 5.11 Å². The number of halogens is 2. The number of carboxylic acids is 1. The number of hydrogen-bond acceptors (Lipinski definition) is 1. The summed E-state index contributed by atoms with van der Waals surface area (Å²) < 4.78 is 27.2. The molecule has 4 rings (SSSR count). The lowest BCUT2D eigenvalue weighted by Crippen LogP contribution is -2.44. The molecular formula is C9H10F2O2. The topological polar surface area (TPSA) is 37.3 Å². The molecule has 72 valence electrons. The van der Waals surface area contributed by atoms with Crippen LogP contribution in [0.15, 0.2) is 0 Å². The zero-order chi connectivity index (χ0) is 9.43. The molecule has 0 aromatic carbocycles. The molecular weight excluding hydrogens is 178 g/mol. The zero-order valence-electron chi connectivity index (χ0n) is 6.96. The molecule has 4 heteroatoms. The summed E-state index contributed by atoms with van der Waals surface area (Å²) in [5, 5.41) is 8.89. The van der Waals surface area contributed by atoms with Gasteiger partial charge in [0.25, 0.3) is 5.92 Å². The molecule has 4 fully saturated rings. The minimum absolute atomic E-state index is 0.223. The molecule has 0 aromatic heterocycles. The van der Waals surface area contributed by atoms with E-state index in [0.29, 0.717) is 19.3 Å². The summed E-state index contributed by atoms with van der Waals surface area (Å²) in [5.74, 6) is -5.32. The van der Waals surface area contributed by atoms with Crippen molar-refractivity contribution in [2.24, 2.45) is 23.2 Å². The molecule has 0 amide bonds. The standard InChI is InChI=1S/C9H10F2O2/c10-9(11)4-1-2-5-6(3-4)8(5,9)7(12)13/h4-6H,1-3H2,(H,12,13). The SMILES string of the molecule is O=C(O)C12C3CCC(CC31)C2(F)F. The maximum atomic E-state index is 13.6. The highest BCUT2D eigenvalue weighted by atomic mass is 19.3. The lowest BCUT2D eigenvalue weighted by Gasteiger charge is -2.33. The van der Waals surface area contributed by atoms with Gasteiger partial charge in [0.2, 0.25) is 0 Å². The second kappa shape index (κ2) is 1.74. The maximum Gasteiger partial charge on any atom is 0.316 e. The molecule has 4 aliphatic rings. The third-order valence-electron chi connectivity index (χ3n) is 4.33. The number of hydrogen-bond donors (Lipinski definition) is 1. The first-order valence-corrected chi connectivity index (χ1v) is 4.64. The Morgan fingerprint density at radius 2 is 2.00 bits per heavy atom. The maximum absolute atomic E-state index is 13.6. The summed E-state index contributed by atoms with van der Waals surface area (Å²) in [7, 11) is 0. The van der Waals surface area contributed by atoms with Crippen LogP contribution >= 0.6 is 0 Å². The Bertz CT molecular complexity index is 296. The number of fused-ring (bicyclic) bond motifs is 1. The second-order valence-corrected chi connectivity index (χ2v) is 4.52. The minimum atomic E-state index is -2.94. The van der Waals surface area contributed by atoms with E-state index in [1.807, 2.05) is 0 Å². The van der Waals surface area contributed by atoms with E-state index < -0.39 is 23.2 Å². The van der Waals surface area contributed by atoms with Crippen LogP contribution < -0.4 is 0 Å². The Labute approximate surface area is 73.9 Å². The van der Waals surface area contributed by atoms with Crippen LogP contribution in [0.3, 0.4) is 0 Å². The molecule has 4 saturated carbocycles. The third kappa shape index (κ3) is 0.525. The Kier molecular flexibility index (Phi) is 1.03. The minimum Gasteiger partial charge on any atom is -0.481 e. The number of aliphatic carboxylic acids is 1. The Hall–Kier alpha value is -0.670. The Morgan fingerprint density at radius 1 is 1.31 bits per heavy atom. The van der Waals surface area contributed by atoms with Crippen LogP contribution in [0.4, 0.5) is 8.78 Å². The van der Waals surface area contributed by atoms with Crippen LogP contribution in [0.2, 0.25) is 0 Å². The fraction of sp³-hybridized carbons (Fsp3) is 0.889. The van der Waals surface area contributed by atoms with Crippen molar-refractivity contribution >= 4 is 5.97 Å². The summed E-state index contributed by atoms with van der Waals surface area (Å²) in [6, 6.07) is 0. The predicted octanol–water partition coefficient (Wildman–Crippen LogP) is 1.75. The Balaban J connectivity index is 2.11. The van der Waals surface area contributed by atoms with Crippen LogP contribution in [0, 0.1) is 23.2 Å². The molecule has 0 aromatic rings. The first-order valence-electron chi connectivity index (χ1n) is 4.64. The van der Waals surface area contributed by atoms with Crippen molar-refractivity contribution in [2.75, 3.05) is 0 Å². The molecule has 0 saturated heterocycles. The molecule has 4 aliphatic carbocycles. The third-order valence-corrected chi connectivity index (χ3v) is 4.33. The number of carbonyl (C=O) groups is 1. The molecule has 4 atom stereocenters. The van der Waals surface area contributed by atoms with Crippen LogP contribution in [0.25, 0.3) is 0 Å². The first-order chi connectivity index (χ1) is 6.03. The van der Waals surface area contributed by atoms with Crippen molar-refractivity contribution < 1.29 is 18.7 Å². The highest BCUT2D eigenvalue weighted by Gasteiger charge is 2.88. The van der Waals surface area contributed by atoms with E-state index in [0.717, 1.165) is 0 Å². The number of alkyl halides is 2. The molecule has 0 aliphatic heterocycles. The summed E-state index contributed by atoms with van der Waals surface area (Å²) >= 11 is 0. The van der Waals surface area contributed by atoms with Gasteiger partial charge in [0, 0.05) is 5.92 Å². The highest BCUT2D eigenvalue weighted by molar-refractivity contribution is 5.82. The van der Waals surface area contributed by atoms with E-state index in [2.05, 4.69) is 0 Å². The Morgan fingerprint density at radius 3 is 2.31 bits per heavy atom. The van der Waals surface area contributed by atoms with Crippen molar-refractivity contribution in [3.05, 3.63) is 0 Å². The normalized spacial score (nSPS) is 54.8. The predicted molar refractivity (Wildman–Crippen MR) is 39.3 cm³/mol. The van der Waals surface area contributed by atoms with Gasteiger partial charge in [-0.25, -0.2) is 8.78 Å². The summed E-state index contributed by atoms with van der Waals surface area (Å²) in [5.41, 5.74) is -1.64. The molecule has 4 bridgehead atoms. The van der Waals surface area contributed by atoms with E-state index in [1.54, 1.807) is 0 Å². The van der Waals surface area contributed by atoms with Gasteiger partial charge in [0.05, 0.1) is 0 Å². The summed E-state index contributed by atoms with van der Waals surface area (Å²) in [4.78, 5) is 10.9. The zero-order valence-corrected chi connectivity index (χ0v) is 6.96. The van der Waals surface area contributed by atoms with Crippen molar-refractivity contribution in [3.8, 4) is 0 Å². The van der Waals surface area contributed by atoms with Crippen LogP contribution in [-0.2, 0) is 4.79 Å². The van der Waals surface area contributed by atoms with Gasteiger partial charge in [-0.15, -0.1) is 0 Å². The van der Waals surface area contributed by atoms with Gasteiger partial charge in [-0.05, 0) is 31.1 Å². The van der Waals surface area contributed by atoms with E-state index >= 15 is 0 Å². The summed E-state index contributed by atoms with van der Waals surface area (Å²) in [6.45, 7) is 0. The van der Waals surface area contributed by atoms with Gasteiger partial charge in [0.1, 0.15) is 5.41 Å².